The normalized spacial score (nSPS) is 12.7. The topological polar surface area (TPSA) is 68.3 Å². The lowest BCUT2D eigenvalue weighted by Crippen LogP contribution is -2.33. The number of carbonyl (C=O) groups excluding carboxylic acids is 1. The van der Waals surface area contributed by atoms with Crippen LogP contribution in [0, 0.1) is 13.8 Å². The largest absolute Gasteiger partial charge is 0.338 e. The number of likely N-dealkylation sites (N-methyl/N-ethyl adjacent to an activating group) is 1. The Kier molecular flexibility index (Phi) is 3.69. The Balaban J connectivity index is 1.82. The second kappa shape index (κ2) is 5.53. The first-order chi connectivity index (χ1) is 10.5. The van der Waals surface area contributed by atoms with Gasteiger partial charge in [0.25, 0.3) is 0 Å². The molecule has 0 N–H and O–H groups in total. The minimum absolute atomic E-state index is 0.00759. The van der Waals surface area contributed by atoms with E-state index in [1.165, 1.54) is 11.2 Å². The predicted octanol–water partition coefficient (Wildman–Crippen LogP) is 1.82. The van der Waals surface area contributed by atoms with Crippen LogP contribution in [0.4, 0.5) is 0 Å². The molecule has 0 saturated carbocycles. The Morgan fingerprint density at radius 3 is 2.91 bits per heavy atom. The van der Waals surface area contributed by atoms with Gasteiger partial charge in [0.1, 0.15) is 18.7 Å². The molecule has 0 aliphatic carbocycles. The average Bonchev–Trinajstić information content (AvgIpc) is 3.17. The monoisotopic (exact) mass is 318 g/mol. The van der Waals surface area contributed by atoms with Crippen molar-refractivity contribution < 1.29 is 4.79 Å². The molecular weight excluding hydrogens is 300 g/mol. The van der Waals surface area contributed by atoms with Crippen molar-refractivity contribution in [1.82, 2.24) is 29.0 Å². The Labute approximate surface area is 132 Å². The number of thiazole rings is 1. The van der Waals surface area contributed by atoms with Gasteiger partial charge >= 0.3 is 0 Å². The quantitative estimate of drug-likeness (QED) is 0.736. The third kappa shape index (κ3) is 2.50. The fourth-order valence-electron chi connectivity index (χ4n) is 2.45. The van der Waals surface area contributed by atoms with Crippen molar-refractivity contribution in [3.63, 3.8) is 0 Å². The number of amides is 1. The first-order valence-electron chi connectivity index (χ1n) is 7.00. The number of aryl methyl sites for hydroxylation is 2. The van der Waals surface area contributed by atoms with Crippen LogP contribution in [-0.2, 0) is 11.3 Å². The Morgan fingerprint density at radius 1 is 1.45 bits per heavy atom. The van der Waals surface area contributed by atoms with E-state index in [0.29, 0.717) is 6.54 Å². The Bertz CT molecular complexity index is 803. The van der Waals surface area contributed by atoms with Gasteiger partial charge in [0, 0.05) is 18.1 Å². The lowest BCUT2D eigenvalue weighted by atomic mass is 10.2. The standard InChI is InChI=1S/C14H18N6OS/c1-9-5-19-12(10(2)17-14(19)22-9)6-18(4)13(21)11(3)20-8-15-7-16-20/h5,7-8,11H,6H2,1-4H3. The van der Waals surface area contributed by atoms with Gasteiger partial charge in [0.15, 0.2) is 4.96 Å². The van der Waals surface area contributed by atoms with E-state index in [9.17, 15) is 4.79 Å². The summed E-state index contributed by atoms with van der Waals surface area (Å²) in [6.45, 7) is 6.37. The molecule has 0 aromatic carbocycles. The van der Waals surface area contributed by atoms with E-state index in [4.69, 9.17) is 0 Å². The van der Waals surface area contributed by atoms with Crippen LogP contribution in [0.3, 0.4) is 0 Å². The zero-order valence-electron chi connectivity index (χ0n) is 13.0. The molecule has 1 atom stereocenters. The molecule has 0 spiro atoms. The summed E-state index contributed by atoms with van der Waals surface area (Å²) in [5.41, 5.74) is 2.00. The maximum absolute atomic E-state index is 12.5. The fourth-order valence-corrected chi connectivity index (χ4v) is 3.34. The van der Waals surface area contributed by atoms with E-state index in [1.54, 1.807) is 34.3 Å². The van der Waals surface area contributed by atoms with Crippen LogP contribution < -0.4 is 0 Å². The first-order valence-corrected chi connectivity index (χ1v) is 7.82. The number of hydrogen-bond acceptors (Lipinski definition) is 5. The van der Waals surface area contributed by atoms with Gasteiger partial charge in [-0.1, -0.05) is 0 Å². The molecule has 1 amide bonds. The highest BCUT2D eigenvalue weighted by Crippen LogP contribution is 2.22. The third-order valence-electron chi connectivity index (χ3n) is 3.70. The molecule has 7 nitrogen and oxygen atoms in total. The van der Waals surface area contributed by atoms with Crippen molar-refractivity contribution in [3.05, 3.63) is 35.1 Å². The molecule has 0 aliphatic heterocycles. The van der Waals surface area contributed by atoms with Crippen LogP contribution >= 0.6 is 11.3 Å². The van der Waals surface area contributed by atoms with E-state index < -0.39 is 0 Å². The number of fused-ring (bicyclic) bond motifs is 1. The Morgan fingerprint density at radius 2 is 2.23 bits per heavy atom. The summed E-state index contributed by atoms with van der Waals surface area (Å²) >= 11 is 1.65. The molecule has 3 heterocycles. The van der Waals surface area contributed by atoms with Gasteiger partial charge in [-0.2, -0.15) is 5.10 Å². The molecule has 22 heavy (non-hydrogen) atoms. The van der Waals surface area contributed by atoms with Crippen LogP contribution in [0.1, 0.15) is 29.2 Å². The zero-order valence-corrected chi connectivity index (χ0v) is 13.8. The van der Waals surface area contributed by atoms with Crippen LogP contribution in [0.25, 0.3) is 4.96 Å². The summed E-state index contributed by atoms with van der Waals surface area (Å²) in [4.78, 5) is 24.8. The van der Waals surface area contributed by atoms with Crippen molar-refractivity contribution in [2.75, 3.05) is 7.05 Å². The van der Waals surface area contributed by atoms with E-state index in [0.717, 1.165) is 16.3 Å². The molecule has 3 aromatic heterocycles. The van der Waals surface area contributed by atoms with Crippen LogP contribution in [0.5, 0.6) is 0 Å². The summed E-state index contributed by atoms with van der Waals surface area (Å²) < 4.78 is 3.63. The van der Waals surface area contributed by atoms with Gasteiger partial charge in [0.2, 0.25) is 5.91 Å². The molecule has 3 aromatic rings. The van der Waals surface area contributed by atoms with Crippen molar-refractivity contribution >= 4 is 22.2 Å². The predicted molar refractivity (Wildman–Crippen MR) is 83.8 cm³/mol. The van der Waals surface area contributed by atoms with E-state index in [-0.39, 0.29) is 11.9 Å². The summed E-state index contributed by atoms with van der Waals surface area (Å²) in [5.74, 6) is -0.00759. The molecule has 3 rings (SSSR count). The summed E-state index contributed by atoms with van der Waals surface area (Å²) in [5, 5.41) is 4.03. The van der Waals surface area contributed by atoms with Gasteiger partial charge in [-0.25, -0.2) is 14.6 Å². The Hall–Kier alpha value is -2.22. The second-order valence-electron chi connectivity index (χ2n) is 5.38. The smallest absolute Gasteiger partial charge is 0.247 e. The highest BCUT2D eigenvalue weighted by atomic mass is 32.1. The number of imidazole rings is 1. The van der Waals surface area contributed by atoms with Crippen LogP contribution in [-0.4, -0.2) is 42.0 Å². The van der Waals surface area contributed by atoms with Gasteiger partial charge in [-0.05, 0) is 20.8 Å². The second-order valence-corrected chi connectivity index (χ2v) is 6.60. The molecule has 1 unspecified atom stereocenters. The lowest BCUT2D eigenvalue weighted by Gasteiger charge is -2.21. The third-order valence-corrected chi connectivity index (χ3v) is 4.59. The molecule has 0 aliphatic rings. The van der Waals surface area contributed by atoms with E-state index >= 15 is 0 Å². The summed E-state index contributed by atoms with van der Waals surface area (Å²) in [7, 11) is 1.80. The minimum atomic E-state index is -0.375. The first kappa shape index (κ1) is 14.7. The highest BCUT2D eigenvalue weighted by molar-refractivity contribution is 7.17. The highest BCUT2D eigenvalue weighted by Gasteiger charge is 2.22. The number of carbonyl (C=O) groups is 1. The summed E-state index contributed by atoms with van der Waals surface area (Å²) in [6.07, 6.45) is 5.05. The molecule has 0 radical (unpaired) electrons. The zero-order chi connectivity index (χ0) is 15.9. The van der Waals surface area contributed by atoms with Crippen LogP contribution in [0.2, 0.25) is 0 Å². The number of nitrogens with zero attached hydrogens (tertiary/aromatic N) is 6. The van der Waals surface area contributed by atoms with Gasteiger partial charge in [-0.3, -0.25) is 9.20 Å². The maximum Gasteiger partial charge on any atom is 0.247 e. The van der Waals surface area contributed by atoms with Gasteiger partial charge in [-0.15, -0.1) is 11.3 Å². The van der Waals surface area contributed by atoms with Gasteiger partial charge < -0.3 is 4.90 Å². The number of hydrogen-bond donors (Lipinski definition) is 0. The molecular formula is C14H18N6OS. The number of rotatable bonds is 4. The fraction of sp³-hybridized carbons (Fsp3) is 0.429. The van der Waals surface area contributed by atoms with Crippen molar-refractivity contribution in [2.45, 2.75) is 33.4 Å². The molecule has 0 saturated heterocycles. The van der Waals surface area contributed by atoms with E-state index in [2.05, 4.69) is 32.6 Å². The van der Waals surface area contributed by atoms with Gasteiger partial charge in [0.05, 0.1) is 17.9 Å². The molecule has 0 fully saturated rings. The van der Waals surface area contributed by atoms with Crippen LogP contribution in [0.15, 0.2) is 18.9 Å². The SMILES string of the molecule is Cc1cn2c(CN(C)C(=O)C(C)n3cncn3)c(C)nc2s1. The van der Waals surface area contributed by atoms with Crippen molar-refractivity contribution in [3.8, 4) is 0 Å². The van der Waals surface area contributed by atoms with Crippen molar-refractivity contribution in [1.29, 1.82) is 0 Å². The lowest BCUT2D eigenvalue weighted by molar-refractivity contribution is -0.133. The average molecular weight is 318 g/mol. The number of aromatic nitrogens is 5. The molecule has 116 valence electrons. The van der Waals surface area contributed by atoms with E-state index in [1.807, 2.05) is 13.8 Å². The van der Waals surface area contributed by atoms with Crippen molar-refractivity contribution in [2.24, 2.45) is 0 Å². The minimum Gasteiger partial charge on any atom is -0.338 e. The summed E-state index contributed by atoms with van der Waals surface area (Å²) in [6, 6.07) is -0.375. The molecule has 0 bridgehead atoms. The molecule has 8 heteroatoms. The maximum atomic E-state index is 12.5.